The predicted octanol–water partition coefficient (Wildman–Crippen LogP) is 1.88. The first-order valence-electron chi connectivity index (χ1n) is 6.59. The van der Waals surface area contributed by atoms with Crippen molar-refractivity contribution in [2.75, 3.05) is 20.7 Å². The smallest absolute Gasteiger partial charge is 0.258 e. The minimum Gasteiger partial charge on any atom is -0.482 e. The Morgan fingerprint density at radius 1 is 1.32 bits per heavy atom. The lowest BCUT2D eigenvalue weighted by molar-refractivity contribution is -0.124. The maximum absolute atomic E-state index is 12.0. The number of hydrogen-bond donors (Lipinski definition) is 1. The van der Waals surface area contributed by atoms with Crippen molar-refractivity contribution in [1.29, 1.82) is 0 Å². The van der Waals surface area contributed by atoms with Gasteiger partial charge in [-0.3, -0.25) is 4.79 Å². The predicted molar refractivity (Wildman–Crippen MR) is 85.7 cm³/mol. The van der Waals surface area contributed by atoms with E-state index >= 15 is 0 Å². The Bertz CT molecular complexity index is 651. The molecular weight excluding hydrogens is 328 g/mol. The van der Waals surface area contributed by atoms with Crippen molar-refractivity contribution in [2.45, 2.75) is 31.2 Å². The molecule has 0 aliphatic rings. The van der Waals surface area contributed by atoms with Crippen molar-refractivity contribution in [1.82, 2.24) is 9.62 Å². The van der Waals surface area contributed by atoms with Crippen LogP contribution in [0.1, 0.15) is 20.8 Å². The Morgan fingerprint density at radius 3 is 2.36 bits per heavy atom. The standard InChI is InChI=1S/C14H21ClN2O4S/c1-14(2,3)16-13(18)9-21-12-7-6-10(8-11(12)15)22(19,20)17(4)5/h6-8H,9H2,1-5H3,(H,16,18). The molecule has 6 nitrogen and oxygen atoms in total. The van der Waals surface area contributed by atoms with Crippen LogP contribution < -0.4 is 10.1 Å². The van der Waals surface area contributed by atoms with E-state index in [-0.39, 0.29) is 33.7 Å². The van der Waals surface area contributed by atoms with E-state index in [0.29, 0.717) is 0 Å². The van der Waals surface area contributed by atoms with E-state index in [9.17, 15) is 13.2 Å². The summed E-state index contributed by atoms with van der Waals surface area (Å²) in [6, 6.07) is 4.12. The highest BCUT2D eigenvalue weighted by atomic mass is 35.5. The summed E-state index contributed by atoms with van der Waals surface area (Å²) < 4.78 is 30.4. The van der Waals surface area contributed by atoms with Crippen LogP contribution in [-0.2, 0) is 14.8 Å². The van der Waals surface area contributed by atoms with E-state index in [1.165, 1.54) is 32.3 Å². The maximum Gasteiger partial charge on any atom is 0.258 e. The highest BCUT2D eigenvalue weighted by molar-refractivity contribution is 7.89. The lowest BCUT2D eigenvalue weighted by atomic mass is 10.1. The number of rotatable bonds is 5. The summed E-state index contributed by atoms with van der Waals surface area (Å²) >= 11 is 6.02. The van der Waals surface area contributed by atoms with Gasteiger partial charge in [0.15, 0.2) is 6.61 Å². The highest BCUT2D eigenvalue weighted by Crippen LogP contribution is 2.28. The average Bonchev–Trinajstić information content (AvgIpc) is 2.34. The summed E-state index contributed by atoms with van der Waals surface area (Å²) in [6.45, 7) is 5.38. The van der Waals surface area contributed by atoms with Gasteiger partial charge in [-0.15, -0.1) is 0 Å². The summed E-state index contributed by atoms with van der Waals surface area (Å²) in [5.74, 6) is -0.0306. The lowest BCUT2D eigenvalue weighted by Gasteiger charge is -2.20. The summed E-state index contributed by atoms with van der Waals surface area (Å²) in [6.07, 6.45) is 0. The van der Waals surface area contributed by atoms with Gasteiger partial charge in [-0.25, -0.2) is 12.7 Å². The first-order valence-corrected chi connectivity index (χ1v) is 8.41. The van der Waals surface area contributed by atoms with E-state index in [1.54, 1.807) is 0 Å². The molecular formula is C14H21ClN2O4S. The van der Waals surface area contributed by atoms with Gasteiger partial charge in [-0.1, -0.05) is 11.6 Å². The number of halogens is 1. The van der Waals surface area contributed by atoms with Crippen LogP contribution in [0.15, 0.2) is 23.1 Å². The Morgan fingerprint density at radius 2 is 1.91 bits per heavy atom. The van der Waals surface area contributed by atoms with Gasteiger partial charge in [-0.05, 0) is 39.0 Å². The van der Waals surface area contributed by atoms with Crippen LogP contribution in [0, 0.1) is 0 Å². The second-order valence-electron chi connectivity index (χ2n) is 5.97. The Kier molecular flexibility index (Phi) is 5.83. The van der Waals surface area contributed by atoms with Gasteiger partial charge in [0.05, 0.1) is 9.92 Å². The average molecular weight is 349 g/mol. The van der Waals surface area contributed by atoms with Gasteiger partial charge in [0.1, 0.15) is 5.75 Å². The molecule has 22 heavy (non-hydrogen) atoms. The second-order valence-corrected chi connectivity index (χ2v) is 8.53. The van der Waals surface area contributed by atoms with E-state index < -0.39 is 10.0 Å². The molecule has 1 N–H and O–H groups in total. The van der Waals surface area contributed by atoms with E-state index in [4.69, 9.17) is 16.3 Å². The van der Waals surface area contributed by atoms with Gasteiger partial charge >= 0.3 is 0 Å². The SMILES string of the molecule is CN(C)S(=O)(=O)c1ccc(OCC(=O)NC(C)(C)C)c(Cl)c1. The molecule has 0 fully saturated rings. The van der Waals surface area contributed by atoms with E-state index in [1.807, 2.05) is 20.8 Å². The molecule has 1 aromatic carbocycles. The molecule has 0 atom stereocenters. The number of benzene rings is 1. The number of carbonyl (C=O) groups excluding carboxylic acids is 1. The minimum absolute atomic E-state index is 0.0639. The van der Waals surface area contributed by atoms with Crippen LogP contribution >= 0.6 is 11.6 Å². The molecule has 124 valence electrons. The van der Waals surface area contributed by atoms with E-state index in [2.05, 4.69) is 5.32 Å². The monoisotopic (exact) mass is 348 g/mol. The molecule has 0 spiro atoms. The van der Waals surface area contributed by atoms with Crippen LogP contribution in [0.3, 0.4) is 0 Å². The largest absolute Gasteiger partial charge is 0.482 e. The van der Waals surface area contributed by atoms with Crippen molar-refractivity contribution in [2.24, 2.45) is 0 Å². The molecule has 0 aromatic heterocycles. The maximum atomic E-state index is 12.0. The quantitative estimate of drug-likeness (QED) is 0.881. The van der Waals surface area contributed by atoms with Crippen molar-refractivity contribution < 1.29 is 17.9 Å². The zero-order chi connectivity index (χ0) is 17.1. The number of sulfonamides is 1. The fourth-order valence-corrected chi connectivity index (χ4v) is 2.80. The third kappa shape index (κ3) is 5.15. The summed E-state index contributed by atoms with van der Waals surface area (Å²) in [7, 11) is -0.687. The summed E-state index contributed by atoms with van der Waals surface area (Å²) in [5, 5.41) is 2.88. The van der Waals surface area contributed by atoms with Crippen molar-refractivity contribution in [3.8, 4) is 5.75 Å². The number of carbonyl (C=O) groups is 1. The molecule has 0 saturated heterocycles. The van der Waals surface area contributed by atoms with Gasteiger partial charge in [0, 0.05) is 19.6 Å². The third-order valence-corrected chi connectivity index (χ3v) is 4.66. The summed E-state index contributed by atoms with van der Waals surface area (Å²) in [4.78, 5) is 11.7. The summed E-state index contributed by atoms with van der Waals surface area (Å²) in [5.41, 5.74) is -0.353. The lowest BCUT2D eigenvalue weighted by Crippen LogP contribution is -2.43. The second kappa shape index (κ2) is 6.85. The fourth-order valence-electron chi connectivity index (χ4n) is 1.57. The Hall–Kier alpha value is -1.31. The van der Waals surface area contributed by atoms with Crippen LogP contribution in [0.4, 0.5) is 0 Å². The van der Waals surface area contributed by atoms with Gasteiger partial charge < -0.3 is 10.1 Å². The van der Waals surface area contributed by atoms with Crippen molar-refractivity contribution in [3.63, 3.8) is 0 Å². The zero-order valence-corrected chi connectivity index (χ0v) is 14.9. The molecule has 1 amide bonds. The van der Waals surface area contributed by atoms with Gasteiger partial charge in [0.2, 0.25) is 10.0 Å². The number of nitrogens with one attached hydrogen (secondary N) is 1. The molecule has 0 radical (unpaired) electrons. The van der Waals surface area contributed by atoms with Crippen molar-refractivity contribution in [3.05, 3.63) is 23.2 Å². The van der Waals surface area contributed by atoms with Gasteiger partial charge in [-0.2, -0.15) is 0 Å². The number of nitrogens with zero attached hydrogens (tertiary/aromatic N) is 1. The van der Waals surface area contributed by atoms with Crippen LogP contribution in [-0.4, -0.2) is 44.9 Å². The molecule has 0 aliphatic carbocycles. The van der Waals surface area contributed by atoms with Gasteiger partial charge in [0.25, 0.3) is 5.91 Å². The molecule has 0 aliphatic heterocycles. The molecule has 8 heteroatoms. The minimum atomic E-state index is -3.56. The molecule has 0 bridgehead atoms. The first-order chi connectivity index (χ1) is 9.93. The topological polar surface area (TPSA) is 75.7 Å². The normalized spacial score (nSPS) is 12.3. The molecule has 0 unspecified atom stereocenters. The highest BCUT2D eigenvalue weighted by Gasteiger charge is 2.19. The van der Waals surface area contributed by atoms with Crippen LogP contribution in [0.25, 0.3) is 0 Å². The Labute approximate surface area is 136 Å². The molecule has 1 aromatic rings. The number of hydrogen-bond acceptors (Lipinski definition) is 4. The van der Waals surface area contributed by atoms with Crippen LogP contribution in [0.2, 0.25) is 5.02 Å². The molecule has 0 heterocycles. The molecule has 0 saturated carbocycles. The first kappa shape index (κ1) is 18.7. The van der Waals surface area contributed by atoms with Crippen LogP contribution in [0.5, 0.6) is 5.75 Å². The van der Waals surface area contributed by atoms with E-state index in [0.717, 1.165) is 4.31 Å². The number of ether oxygens (including phenoxy) is 1. The Balaban J connectivity index is 2.82. The van der Waals surface area contributed by atoms with Crippen molar-refractivity contribution >= 4 is 27.5 Å². The molecule has 1 rings (SSSR count). The third-order valence-electron chi connectivity index (χ3n) is 2.56. The zero-order valence-electron chi connectivity index (χ0n) is 13.3. The fraction of sp³-hybridized carbons (Fsp3) is 0.500. The number of amides is 1.